The van der Waals surface area contributed by atoms with Gasteiger partial charge in [-0.3, -0.25) is 45.3 Å². The first-order valence-electron chi connectivity index (χ1n) is 18.1. The van der Waals surface area contributed by atoms with Crippen LogP contribution in [0.4, 0.5) is 22.7 Å². The van der Waals surface area contributed by atoms with Crippen molar-refractivity contribution in [2.75, 3.05) is 14.1 Å². The van der Waals surface area contributed by atoms with Crippen molar-refractivity contribution < 1.29 is 48.7 Å². The number of ether oxygens (including phenoxy) is 2. The lowest BCUT2D eigenvalue weighted by Gasteiger charge is -2.26. The summed E-state index contributed by atoms with van der Waals surface area (Å²) in [7, 11) is 3.69. The number of nitro groups is 4. The predicted molar refractivity (Wildman–Crippen MR) is 208 cm³/mol. The van der Waals surface area contributed by atoms with E-state index in [4.69, 9.17) is 19.3 Å². The van der Waals surface area contributed by atoms with Crippen LogP contribution in [0.1, 0.15) is 52.8 Å². The second kappa shape index (κ2) is 14.6. The number of aromatic nitrogens is 2. The Hall–Kier alpha value is -8.21. The van der Waals surface area contributed by atoms with Crippen LogP contribution in [-0.2, 0) is 43.6 Å². The highest BCUT2D eigenvalue weighted by atomic mass is 16.7. The molecule has 0 amide bonds. The van der Waals surface area contributed by atoms with E-state index in [1.807, 2.05) is 25.1 Å². The van der Waals surface area contributed by atoms with E-state index in [0.717, 1.165) is 12.1 Å². The third-order valence-corrected chi connectivity index (χ3v) is 10.4. The molecule has 5 aromatic rings. The summed E-state index contributed by atoms with van der Waals surface area (Å²) in [6.45, 7) is 1.51. The first kappa shape index (κ1) is 39.6. The zero-order chi connectivity index (χ0) is 43.8. The molecule has 1 unspecified atom stereocenters. The van der Waals surface area contributed by atoms with E-state index in [1.165, 1.54) is 23.6 Å². The van der Waals surface area contributed by atoms with Crippen molar-refractivity contribution >= 4 is 51.3 Å². The Labute approximate surface area is 339 Å². The van der Waals surface area contributed by atoms with Crippen molar-refractivity contribution in [3.05, 3.63) is 133 Å². The maximum atomic E-state index is 13.9. The standard InChI is InChI=1S/C38H28N8O15/c1-4-30(61-40-34-21-8-17(43(51)52)10-26(45(55)56)31(21)32-22(34)9-18(44(53)54)11-27(32)46(57)58)37(49)60-35-20-12-28-33-16(13-42(28)36(48)24(20)15-59-38(35)50)7-19-23(14-41(2)3)29(47)6-5-25(19)39-33/h5-12,30,35,47H,4,13-15H2,1-3H3/t30?,35-/m0/s1. The molecule has 2 aliphatic heterocycles. The van der Waals surface area contributed by atoms with E-state index in [1.54, 1.807) is 6.07 Å². The van der Waals surface area contributed by atoms with Crippen LogP contribution in [0.3, 0.4) is 0 Å². The number of nitrogens with zero attached hydrogens (tertiary/aromatic N) is 8. The zero-order valence-electron chi connectivity index (χ0n) is 31.8. The molecular weight excluding hydrogens is 808 g/mol. The van der Waals surface area contributed by atoms with Gasteiger partial charge >= 0.3 is 11.9 Å². The number of phenols is 1. The number of phenolic OH excluding ortho intramolecular Hbond substituents is 1. The minimum absolute atomic E-state index is 0.00801. The van der Waals surface area contributed by atoms with Crippen LogP contribution in [0, 0.1) is 40.5 Å². The number of rotatable bonds is 11. The molecule has 2 aromatic heterocycles. The van der Waals surface area contributed by atoms with E-state index in [0.29, 0.717) is 52.1 Å². The highest BCUT2D eigenvalue weighted by Crippen LogP contribution is 2.50. The fraction of sp³-hybridized carbons (Fsp3) is 0.237. The van der Waals surface area contributed by atoms with Gasteiger partial charge < -0.3 is 28.9 Å². The van der Waals surface area contributed by atoms with Gasteiger partial charge in [0.1, 0.15) is 18.1 Å². The molecule has 1 N–H and O–H groups in total. The minimum Gasteiger partial charge on any atom is -0.508 e. The first-order valence-corrected chi connectivity index (χ1v) is 18.1. The lowest BCUT2D eigenvalue weighted by atomic mass is 9.99. The molecule has 61 heavy (non-hydrogen) atoms. The van der Waals surface area contributed by atoms with Gasteiger partial charge in [-0.25, -0.2) is 14.6 Å². The van der Waals surface area contributed by atoms with Gasteiger partial charge in [0.15, 0.2) is 0 Å². The van der Waals surface area contributed by atoms with Crippen molar-refractivity contribution in [1.82, 2.24) is 14.5 Å². The number of carbonyl (C=O) groups is 2. The van der Waals surface area contributed by atoms with Gasteiger partial charge in [0.05, 0.1) is 72.0 Å². The van der Waals surface area contributed by atoms with E-state index in [9.17, 15) is 59.9 Å². The quantitative estimate of drug-likeness (QED) is 0.105. The van der Waals surface area contributed by atoms with Crippen molar-refractivity contribution in [3.63, 3.8) is 0 Å². The molecule has 23 nitrogen and oxygen atoms in total. The van der Waals surface area contributed by atoms with Gasteiger partial charge in [0.2, 0.25) is 12.2 Å². The molecule has 23 heteroatoms. The average Bonchev–Trinajstić information content (AvgIpc) is 3.73. The Balaban J connectivity index is 1.16. The van der Waals surface area contributed by atoms with Crippen molar-refractivity contribution in [3.8, 4) is 28.3 Å². The zero-order valence-corrected chi connectivity index (χ0v) is 31.8. The number of carbonyl (C=O) groups excluding carboxylic acids is 2. The van der Waals surface area contributed by atoms with Gasteiger partial charge in [-0.2, -0.15) is 0 Å². The summed E-state index contributed by atoms with van der Waals surface area (Å²) < 4.78 is 12.3. The summed E-state index contributed by atoms with van der Waals surface area (Å²) >= 11 is 0. The van der Waals surface area contributed by atoms with Crippen molar-refractivity contribution in [1.29, 1.82) is 0 Å². The third-order valence-electron chi connectivity index (χ3n) is 10.4. The number of fused-ring (bicyclic) bond motifs is 8. The monoisotopic (exact) mass is 836 g/mol. The maximum absolute atomic E-state index is 13.9. The van der Waals surface area contributed by atoms with Crippen LogP contribution >= 0.6 is 0 Å². The molecule has 0 spiro atoms. The number of nitro benzene ring substituents is 4. The van der Waals surface area contributed by atoms with E-state index >= 15 is 0 Å². The van der Waals surface area contributed by atoms with Crippen LogP contribution in [0.5, 0.6) is 5.75 Å². The van der Waals surface area contributed by atoms with E-state index in [2.05, 4.69) is 5.16 Å². The van der Waals surface area contributed by atoms with Crippen molar-refractivity contribution in [2.24, 2.45) is 5.16 Å². The van der Waals surface area contributed by atoms with Gasteiger partial charge in [-0.05, 0) is 44.8 Å². The number of cyclic esters (lactones) is 1. The Morgan fingerprint density at radius 1 is 0.951 bits per heavy atom. The molecule has 1 aliphatic carbocycles. The largest absolute Gasteiger partial charge is 0.508 e. The van der Waals surface area contributed by atoms with Crippen LogP contribution in [0.2, 0.25) is 0 Å². The molecule has 3 aromatic carbocycles. The van der Waals surface area contributed by atoms with Crippen LogP contribution in [0.25, 0.3) is 33.4 Å². The smallest absolute Gasteiger partial charge is 0.352 e. The predicted octanol–water partition coefficient (Wildman–Crippen LogP) is 4.69. The summed E-state index contributed by atoms with van der Waals surface area (Å²) in [5, 5.41) is 63.2. The fourth-order valence-electron chi connectivity index (χ4n) is 7.68. The topological polar surface area (TPSA) is 305 Å². The lowest BCUT2D eigenvalue weighted by molar-refractivity contribution is -0.395. The minimum atomic E-state index is -1.79. The third kappa shape index (κ3) is 6.48. The number of hydrogen-bond donors (Lipinski definition) is 1. The van der Waals surface area contributed by atoms with Gasteiger partial charge in [-0.15, -0.1) is 0 Å². The molecule has 3 aliphatic rings. The number of hydrogen-bond acceptors (Lipinski definition) is 18. The Kier molecular flexibility index (Phi) is 9.45. The molecule has 0 radical (unpaired) electrons. The second-order valence-corrected chi connectivity index (χ2v) is 14.4. The summed E-state index contributed by atoms with van der Waals surface area (Å²) in [4.78, 5) is 97.1. The molecule has 0 fully saturated rings. The van der Waals surface area contributed by atoms with Crippen LogP contribution in [0.15, 0.2) is 58.5 Å². The Morgan fingerprint density at radius 2 is 1.57 bits per heavy atom. The molecular formula is C38H28N8O15. The normalized spacial score (nSPS) is 14.9. The molecule has 0 saturated carbocycles. The molecule has 0 saturated heterocycles. The Morgan fingerprint density at radius 3 is 2.13 bits per heavy atom. The number of oxime groups is 1. The van der Waals surface area contributed by atoms with Crippen LogP contribution in [-0.4, -0.2) is 77.1 Å². The number of esters is 2. The maximum Gasteiger partial charge on any atom is 0.352 e. The SMILES string of the molecule is CCC(ON=C1c2cc([N+](=O)[O-])cc([N+](=O)[O-])c2-c2c1cc([N+](=O)[O-])cc2[N+](=O)[O-])C(=O)O[C@@H]1C(=O)OCc2c1cc1n(c2=O)Cc2cc3c(CN(C)C)c(O)ccc3nc2-1. The van der Waals surface area contributed by atoms with Gasteiger partial charge in [0, 0.05) is 51.9 Å². The highest BCUT2D eigenvalue weighted by molar-refractivity contribution is 6.27. The number of benzene rings is 3. The molecule has 2 atom stereocenters. The number of pyridine rings is 2. The summed E-state index contributed by atoms with van der Waals surface area (Å²) in [6.07, 6.45) is -3.72. The van der Waals surface area contributed by atoms with Crippen LogP contribution < -0.4 is 5.56 Å². The van der Waals surface area contributed by atoms with Gasteiger partial charge in [0.25, 0.3) is 28.3 Å². The molecule has 0 bridgehead atoms. The molecule has 310 valence electrons. The Bertz CT molecular complexity index is 2880. The van der Waals surface area contributed by atoms with E-state index in [-0.39, 0.29) is 29.8 Å². The molecule has 4 heterocycles. The second-order valence-electron chi connectivity index (χ2n) is 14.4. The average molecular weight is 837 g/mol. The van der Waals surface area contributed by atoms with Gasteiger partial charge in [-0.1, -0.05) is 12.1 Å². The first-order chi connectivity index (χ1) is 29.0. The highest BCUT2D eigenvalue weighted by Gasteiger charge is 2.43. The van der Waals surface area contributed by atoms with E-state index < -0.39 is 107 Å². The number of aromatic hydroxyl groups is 1. The summed E-state index contributed by atoms with van der Waals surface area (Å²) in [5.74, 6) is -2.18. The lowest BCUT2D eigenvalue weighted by Crippen LogP contribution is -2.36. The summed E-state index contributed by atoms with van der Waals surface area (Å²) in [5.41, 5.74) is -3.97. The number of non-ortho nitro benzene ring substituents is 2. The molecule has 8 rings (SSSR count). The summed E-state index contributed by atoms with van der Waals surface area (Å²) in [6, 6.07) is 9.24. The fourth-order valence-corrected chi connectivity index (χ4v) is 7.68. The van der Waals surface area contributed by atoms with Crippen molar-refractivity contribution in [2.45, 2.75) is 45.2 Å².